The number of carboxylic acids is 1. The number of hydrogen-bond donors (Lipinski definition) is 2. The number of allylic oxidation sites excluding steroid dienone is 8. The molecule has 1 aliphatic carbocycles. The zero-order valence-electron chi connectivity index (χ0n) is 15.5. The predicted octanol–water partition coefficient (Wildman–Crippen LogP) is 4.39. The third-order valence-corrected chi connectivity index (χ3v) is 4.16. The molecule has 1 rings (SSSR count). The summed E-state index contributed by atoms with van der Waals surface area (Å²) in [4.78, 5) is 22.4. The SMILES string of the molecule is CC/C=C\C/C=C\C[C@@H]1C=CC(=O)[C@@H]1/C=C/[C@@H](O)C/C=C\CCC(=O)O. The van der Waals surface area contributed by atoms with Crippen LogP contribution >= 0.6 is 0 Å². The van der Waals surface area contributed by atoms with Gasteiger partial charge in [-0.1, -0.05) is 61.6 Å². The van der Waals surface area contributed by atoms with E-state index in [0.717, 1.165) is 19.3 Å². The number of hydrogen-bond acceptors (Lipinski definition) is 3. The van der Waals surface area contributed by atoms with Crippen molar-refractivity contribution < 1.29 is 19.8 Å². The highest BCUT2D eigenvalue weighted by Crippen LogP contribution is 2.27. The van der Waals surface area contributed by atoms with Gasteiger partial charge in [-0.3, -0.25) is 9.59 Å². The van der Waals surface area contributed by atoms with Crippen LogP contribution in [-0.4, -0.2) is 28.1 Å². The zero-order valence-corrected chi connectivity index (χ0v) is 15.5. The Bertz CT molecular complexity index is 581. The van der Waals surface area contributed by atoms with Crippen molar-refractivity contribution in [2.75, 3.05) is 0 Å². The van der Waals surface area contributed by atoms with Crippen LogP contribution in [0.15, 0.2) is 60.8 Å². The van der Waals surface area contributed by atoms with Gasteiger partial charge < -0.3 is 10.2 Å². The van der Waals surface area contributed by atoms with Crippen LogP contribution in [0.2, 0.25) is 0 Å². The molecule has 4 heteroatoms. The molecule has 0 saturated carbocycles. The number of aliphatic hydroxyl groups is 1. The molecule has 0 fully saturated rings. The Morgan fingerprint density at radius 3 is 2.69 bits per heavy atom. The summed E-state index contributed by atoms with van der Waals surface area (Å²) in [5, 5.41) is 18.5. The first-order valence-corrected chi connectivity index (χ1v) is 9.29. The highest BCUT2D eigenvalue weighted by atomic mass is 16.4. The van der Waals surface area contributed by atoms with E-state index in [1.54, 1.807) is 30.4 Å². The molecule has 4 nitrogen and oxygen atoms in total. The van der Waals surface area contributed by atoms with E-state index in [2.05, 4.69) is 31.2 Å². The van der Waals surface area contributed by atoms with Gasteiger partial charge in [-0.15, -0.1) is 0 Å². The minimum atomic E-state index is -0.830. The number of aliphatic carboxylic acids is 1. The molecule has 0 aromatic rings. The second-order valence-electron chi connectivity index (χ2n) is 6.37. The lowest BCUT2D eigenvalue weighted by molar-refractivity contribution is -0.136. The third kappa shape index (κ3) is 9.33. The minimum Gasteiger partial charge on any atom is -0.481 e. The standard InChI is InChI=1S/C22H30O4/c1-2-3-4-5-6-8-11-18-14-17-21(24)20(18)16-15-19(23)12-9-7-10-13-22(25)26/h3-4,6-9,14-20,23H,2,5,10-13H2,1H3,(H,25,26)/b4-3-,8-6-,9-7-,16-15+/t18-,19+,20-/m1/s1. The number of rotatable bonds is 12. The highest BCUT2D eigenvalue weighted by Gasteiger charge is 2.26. The lowest BCUT2D eigenvalue weighted by atomic mass is 9.91. The van der Waals surface area contributed by atoms with Crippen LogP contribution in [0, 0.1) is 11.8 Å². The Kier molecular flexibility index (Phi) is 11.0. The first-order valence-electron chi connectivity index (χ1n) is 9.29. The van der Waals surface area contributed by atoms with Crippen LogP contribution in [0.4, 0.5) is 0 Å². The fourth-order valence-electron chi connectivity index (χ4n) is 2.70. The Labute approximate surface area is 156 Å². The van der Waals surface area contributed by atoms with Crippen molar-refractivity contribution >= 4 is 11.8 Å². The van der Waals surface area contributed by atoms with Gasteiger partial charge in [0.15, 0.2) is 5.78 Å². The van der Waals surface area contributed by atoms with E-state index in [4.69, 9.17) is 5.11 Å². The Hall–Kier alpha value is -2.20. The zero-order chi connectivity index (χ0) is 19.2. The Morgan fingerprint density at radius 2 is 1.96 bits per heavy atom. The molecule has 0 bridgehead atoms. The van der Waals surface area contributed by atoms with Gasteiger partial charge in [-0.05, 0) is 44.1 Å². The van der Waals surface area contributed by atoms with E-state index in [1.807, 2.05) is 6.08 Å². The average molecular weight is 358 g/mol. The van der Waals surface area contributed by atoms with Crippen molar-refractivity contribution in [3.8, 4) is 0 Å². The molecule has 2 N–H and O–H groups in total. The van der Waals surface area contributed by atoms with E-state index in [-0.39, 0.29) is 24.0 Å². The predicted molar refractivity (Wildman–Crippen MR) is 105 cm³/mol. The van der Waals surface area contributed by atoms with Gasteiger partial charge >= 0.3 is 5.97 Å². The maximum Gasteiger partial charge on any atom is 0.303 e. The van der Waals surface area contributed by atoms with Gasteiger partial charge in [0.25, 0.3) is 0 Å². The summed E-state index contributed by atoms with van der Waals surface area (Å²) in [6, 6.07) is 0. The van der Waals surface area contributed by atoms with Crippen molar-refractivity contribution in [3.05, 3.63) is 60.8 Å². The maximum absolute atomic E-state index is 12.0. The summed E-state index contributed by atoms with van der Waals surface area (Å²) >= 11 is 0. The normalized spacial score (nSPS) is 21.8. The van der Waals surface area contributed by atoms with Crippen molar-refractivity contribution in [3.63, 3.8) is 0 Å². The largest absolute Gasteiger partial charge is 0.481 e. The summed E-state index contributed by atoms with van der Waals surface area (Å²) in [6.45, 7) is 2.10. The topological polar surface area (TPSA) is 74.6 Å². The summed E-state index contributed by atoms with van der Waals surface area (Å²) < 4.78 is 0. The number of ketones is 1. The smallest absolute Gasteiger partial charge is 0.303 e. The molecule has 1 aliphatic rings. The molecule has 142 valence electrons. The molecular formula is C22H30O4. The molecule has 0 spiro atoms. The van der Waals surface area contributed by atoms with Crippen LogP contribution in [0.1, 0.15) is 45.4 Å². The van der Waals surface area contributed by atoms with E-state index >= 15 is 0 Å². The second-order valence-corrected chi connectivity index (χ2v) is 6.37. The Balaban J connectivity index is 2.41. The van der Waals surface area contributed by atoms with Crippen LogP contribution in [-0.2, 0) is 9.59 Å². The van der Waals surface area contributed by atoms with Crippen molar-refractivity contribution in [2.45, 2.75) is 51.6 Å². The summed E-state index contributed by atoms with van der Waals surface area (Å²) in [5.41, 5.74) is 0. The molecule has 26 heavy (non-hydrogen) atoms. The highest BCUT2D eigenvalue weighted by molar-refractivity contribution is 5.95. The first-order chi connectivity index (χ1) is 12.5. The molecule has 0 aliphatic heterocycles. The molecule has 0 radical (unpaired) electrons. The van der Waals surface area contributed by atoms with Gasteiger partial charge in [0.2, 0.25) is 0 Å². The van der Waals surface area contributed by atoms with Crippen LogP contribution in [0.3, 0.4) is 0 Å². The summed E-state index contributed by atoms with van der Waals surface area (Å²) in [7, 11) is 0. The molecule has 0 unspecified atom stereocenters. The van der Waals surface area contributed by atoms with E-state index in [0.29, 0.717) is 12.8 Å². The Morgan fingerprint density at radius 1 is 1.19 bits per heavy atom. The molecular weight excluding hydrogens is 328 g/mol. The number of carbonyl (C=O) groups is 2. The molecule has 0 aromatic carbocycles. The van der Waals surface area contributed by atoms with Crippen molar-refractivity contribution in [1.29, 1.82) is 0 Å². The van der Waals surface area contributed by atoms with E-state index in [1.165, 1.54) is 0 Å². The minimum absolute atomic E-state index is 0.0785. The number of carbonyl (C=O) groups excluding carboxylic acids is 1. The van der Waals surface area contributed by atoms with Crippen LogP contribution in [0.25, 0.3) is 0 Å². The molecule has 0 aromatic heterocycles. The van der Waals surface area contributed by atoms with Gasteiger partial charge in [-0.25, -0.2) is 0 Å². The lowest BCUT2D eigenvalue weighted by Gasteiger charge is -2.13. The molecule has 0 heterocycles. The first kappa shape index (κ1) is 21.8. The van der Waals surface area contributed by atoms with Crippen molar-refractivity contribution in [2.24, 2.45) is 11.8 Å². The quantitative estimate of drug-likeness (QED) is 0.507. The van der Waals surface area contributed by atoms with E-state index < -0.39 is 12.1 Å². The summed E-state index contributed by atoms with van der Waals surface area (Å²) in [6.07, 6.45) is 22.1. The van der Waals surface area contributed by atoms with E-state index in [9.17, 15) is 14.7 Å². The number of carboxylic acid groups (broad SMARTS) is 1. The fraction of sp³-hybridized carbons (Fsp3) is 0.455. The molecule has 0 amide bonds. The summed E-state index contributed by atoms with van der Waals surface area (Å²) in [5.74, 6) is -0.821. The molecule has 3 atom stereocenters. The number of aliphatic hydroxyl groups excluding tert-OH is 1. The van der Waals surface area contributed by atoms with Gasteiger partial charge in [-0.2, -0.15) is 0 Å². The second kappa shape index (κ2) is 13.1. The van der Waals surface area contributed by atoms with Crippen molar-refractivity contribution in [1.82, 2.24) is 0 Å². The van der Waals surface area contributed by atoms with Gasteiger partial charge in [0, 0.05) is 12.3 Å². The van der Waals surface area contributed by atoms with Crippen LogP contribution < -0.4 is 0 Å². The molecule has 0 saturated heterocycles. The van der Waals surface area contributed by atoms with Gasteiger partial charge in [0.05, 0.1) is 6.10 Å². The fourth-order valence-corrected chi connectivity index (χ4v) is 2.70. The average Bonchev–Trinajstić information content (AvgIpc) is 2.95. The lowest BCUT2D eigenvalue weighted by Crippen LogP contribution is -2.14. The van der Waals surface area contributed by atoms with Gasteiger partial charge in [0.1, 0.15) is 0 Å². The van der Waals surface area contributed by atoms with Crippen LogP contribution in [0.5, 0.6) is 0 Å². The third-order valence-electron chi connectivity index (χ3n) is 4.16. The maximum atomic E-state index is 12.0. The monoisotopic (exact) mass is 358 g/mol.